The first-order valence-electron chi connectivity index (χ1n) is 22.7. The fourth-order valence-electron chi connectivity index (χ4n) is 8.81. The summed E-state index contributed by atoms with van der Waals surface area (Å²) in [4.78, 5) is 2.54. The highest BCUT2D eigenvalue weighted by Gasteiger charge is 2.21. The standard InChI is InChI=1S/C59H65N/c1-8-10-12-14-16-47-22-30-51(31-23-47)55-36-53(49-26-18-42(3)19-27-49)38-57(40-55)60(59-45(6)34-44(5)35-46(59)7)58-39-54(50-28-20-43(4)21-29-50)37-56(41-58)52-32-24-48(25-33-52)17-15-13-11-9-2/h18-41H,8-17H2,1-7H3. The molecule has 7 aromatic rings. The van der Waals surface area contributed by atoms with E-state index >= 15 is 0 Å². The Kier molecular flexibility index (Phi) is 14.2. The molecule has 0 fully saturated rings. The zero-order valence-electron chi connectivity index (χ0n) is 37.4. The lowest BCUT2D eigenvalue weighted by Gasteiger charge is -2.31. The average Bonchev–Trinajstić information content (AvgIpc) is 3.26. The molecule has 0 amide bonds. The maximum Gasteiger partial charge on any atom is 0.0520 e. The van der Waals surface area contributed by atoms with Crippen LogP contribution in [0.2, 0.25) is 0 Å². The van der Waals surface area contributed by atoms with E-state index in [9.17, 15) is 0 Å². The number of rotatable bonds is 17. The molecule has 0 saturated carbocycles. The Morgan fingerprint density at radius 1 is 0.317 bits per heavy atom. The summed E-state index contributed by atoms with van der Waals surface area (Å²) in [6, 6.07) is 55.8. The van der Waals surface area contributed by atoms with Gasteiger partial charge in [0, 0.05) is 11.4 Å². The van der Waals surface area contributed by atoms with Crippen molar-refractivity contribution in [2.45, 2.75) is 113 Å². The molecule has 0 spiro atoms. The van der Waals surface area contributed by atoms with Gasteiger partial charge in [-0.15, -0.1) is 0 Å². The van der Waals surface area contributed by atoms with E-state index in [2.05, 4.69) is 199 Å². The van der Waals surface area contributed by atoms with Crippen LogP contribution in [0.1, 0.15) is 104 Å². The summed E-state index contributed by atoms with van der Waals surface area (Å²) < 4.78 is 0. The molecule has 0 atom stereocenters. The number of hydrogen-bond acceptors (Lipinski definition) is 1. The predicted molar refractivity (Wildman–Crippen MR) is 262 cm³/mol. The van der Waals surface area contributed by atoms with E-state index in [4.69, 9.17) is 0 Å². The van der Waals surface area contributed by atoms with Gasteiger partial charge in [0.2, 0.25) is 0 Å². The van der Waals surface area contributed by atoms with Crippen LogP contribution in [-0.4, -0.2) is 0 Å². The molecule has 0 aromatic heterocycles. The molecule has 1 heteroatoms. The van der Waals surface area contributed by atoms with Crippen molar-refractivity contribution >= 4 is 17.1 Å². The first-order valence-corrected chi connectivity index (χ1v) is 22.7. The Labute approximate surface area is 362 Å². The number of aryl methyl sites for hydroxylation is 7. The minimum atomic E-state index is 1.13. The van der Waals surface area contributed by atoms with Crippen LogP contribution in [0.3, 0.4) is 0 Å². The highest BCUT2D eigenvalue weighted by atomic mass is 15.1. The van der Waals surface area contributed by atoms with Crippen LogP contribution >= 0.6 is 0 Å². The second kappa shape index (κ2) is 20.1. The normalized spacial score (nSPS) is 11.2. The Morgan fingerprint density at radius 3 is 0.983 bits per heavy atom. The smallest absolute Gasteiger partial charge is 0.0520 e. The first kappa shape index (κ1) is 42.5. The second-order valence-electron chi connectivity index (χ2n) is 17.4. The Morgan fingerprint density at radius 2 is 0.650 bits per heavy atom. The van der Waals surface area contributed by atoms with E-state index < -0.39 is 0 Å². The zero-order chi connectivity index (χ0) is 42.0. The molecule has 0 aliphatic heterocycles. The molecule has 60 heavy (non-hydrogen) atoms. The van der Waals surface area contributed by atoms with Crippen molar-refractivity contribution in [3.8, 4) is 44.5 Å². The van der Waals surface area contributed by atoms with Crippen molar-refractivity contribution in [1.29, 1.82) is 0 Å². The second-order valence-corrected chi connectivity index (χ2v) is 17.4. The fraction of sp³-hybridized carbons (Fsp3) is 0.288. The van der Waals surface area contributed by atoms with Crippen molar-refractivity contribution in [3.05, 3.63) is 185 Å². The molecular formula is C59H65N. The minimum absolute atomic E-state index is 1.13. The molecule has 0 saturated heterocycles. The Hall–Kier alpha value is -5.66. The quantitative estimate of drug-likeness (QED) is 0.0831. The van der Waals surface area contributed by atoms with Crippen LogP contribution in [0.5, 0.6) is 0 Å². The molecule has 0 aliphatic carbocycles. The summed E-state index contributed by atoms with van der Waals surface area (Å²) in [6.07, 6.45) is 12.5. The molecule has 306 valence electrons. The van der Waals surface area contributed by atoms with Gasteiger partial charge in [-0.05, 0) is 163 Å². The van der Waals surface area contributed by atoms with E-state index in [-0.39, 0.29) is 0 Å². The summed E-state index contributed by atoms with van der Waals surface area (Å²) in [5.41, 5.74) is 22.5. The van der Waals surface area contributed by atoms with Gasteiger partial charge >= 0.3 is 0 Å². The number of nitrogens with zero attached hydrogens (tertiary/aromatic N) is 1. The number of hydrogen-bond donors (Lipinski definition) is 0. The van der Waals surface area contributed by atoms with Crippen LogP contribution in [0, 0.1) is 34.6 Å². The number of anilines is 3. The topological polar surface area (TPSA) is 3.24 Å². The van der Waals surface area contributed by atoms with Crippen molar-refractivity contribution in [3.63, 3.8) is 0 Å². The van der Waals surface area contributed by atoms with Crippen LogP contribution in [0.15, 0.2) is 146 Å². The van der Waals surface area contributed by atoms with Gasteiger partial charge < -0.3 is 4.90 Å². The van der Waals surface area contributed by atoms with Gasteiger partial charge in [-0.1, -0.05) is 178 Å². The lowest BCUT2D eigenvalue weighted by Crippen LogP contribution is -2.14. The summed E-state index contributed by atoms with van der Waals surface area (Å²) >= 11 is 0. The lowest BCUT2D eigenvalue weighted by atomic mass is 9.93. The van der Waals surface area contributed by atoms with E-state index in [1.165, 1.54) is 141 Å². The van der Waals surface area contributed by atoms with Crippen molar-refractivity contribution < 1.29 is 0 Å². The third-order valence-electron chi connectivity index (χ3n) is 12.2. The van der Waals surface area contributed by atoms with E-state index in [0.717, 1.165) is 24.2 Å². The Bertz CT molecular complexity index is 2290. The summed E-state index contributed by atoms with van der Waals surface area (Å²) in [6.45, 7) is 15.7. The average molecular weight is 788 g/mol. The number of unbranched alkanes of at least 4 members (excludes halogenated alkanes) is 6. The maximum absolute atomic E-state index is 2.54. The predicted octanol–water partition coefficient (Wildman–Crippen LogP) is 17.6. The summed E-state index contributed by atoms with van der Waals surface area (Å²) in [5, 5.41) is 0. The van der Waals surface area contributed by atoms with Crippen molar-refractivity contribution in [2.24, 2.45) is 0 Å². The molecule has 0 aliphatic rings. The van der Waals surface area contributed by atoms with Crippen molar-refractivity contribution in [1.82, 2.24) is 0 Å². The number of benzene rings is 7. The van der Waals surface area contributed by atoms with Crippen LogP contribution in [0.25, 0.3) is 44.5 Å². The third-order valence-corrected chi connectivity index (χ3v) is 12.2. The van der Waals surface area contributed by atoms with Gasteiger partial charge in [-0.2, -0.15) is 0 Å². The molecule has 7 aromatic carbocycles. The summed E-state index contributed by atoms with van der Waals surface area (Å²) in [7, 11) is 0. The molecule has 0 bridgehead atoms. The largest absolute Gasteiger partial charge is 0.310 e. The lowest BCUT2D eigenvalue weighted by molar-refractivity contribution is 0.667. The molecule has 7 rings (SSSR count). The van der Waals surface area contributed by atoms with Gasteiger partial charge in [0.15, 0.2) is 0 Å². The monoisotopic (exact) mass is 788 g/mol. The molecule has 0 heterocycles. The highest BCUT2D eigenvalue weighted by molar-refractivity contribution is 5.90. The van der Waals surface area contributed by atoms with Crippen LogP contribution in [-0.2, 0) is 12.8 Å². The Balaban J connectivity index is 1.42. The van der Waals surface area contributed by atoms with Gasteiger partial charge in [0.05, 0.1) is 5.69 Å². The highest BCUT2D eigenvalue weighted by Crippen LogP contribution is 2.45. The van der Waals surface area contributed by atoms with Crippen LogP contribution < -0.4 is 4.90 Å². The molecule has 1 nitrogen and oxygen atoms in total. The van der Waals surface area contributed by atoms with Crippen LogP contribution in [0.4, 0.5) is 17.1 Å². The molecule has 0 N–H and O–H groups in total. The minimum Gasteiger partial charge on any atom is -0.310 e. The van der Waals surface area contributed by atoms with Gasteiger partial charge in [0.1, 0.15) is 0 Å². The molecule has 0 radical (unpaired) electrons. The maximum atomic E-state index is 2.54. The van der Waals surface area contributed by atoms with E-state index in [1.54, 1.807) is 0 Å². The first-order chi connectivity index (χ1) is 29.2. The zero-order valence-corrected chi connectivity index (χ0v) is 37.4. The van der Waals surface area contributed by atoms with E-state index in [0.29, 0.717) is 0 Å². The van der Waals surface area contributed by atoms with Gasteiger partial charge in [-0.25, -0.2) is 0 Å². The van der Waals surface area contributed by atoms with Gasteiger partial charge in [-0.3, -0.25) is 0 Å². The van der Waals surface area contributed by atoms with Crippen molar-refractivity contribution in [2.75, 3.05) is 4.90 Å². The third kappa shape index (κ3) is 10.6. The fourth-order valence-corrected chi connectivity index (χ4v) is 8.81. The van der Waals surface area contributed by atoms with Gasteiger partial charge in [0.25, 0.3) is 0 Å². The SMILES string of the molecule is CCCCCCc1ccc(-c2cc(-c3ccc(C)cc3)cc(N(c3cc(-c4ccc(C)cc4)cc(-c4ccc(CCCCCC)cc4)c3)c3c(C)cc(C)cc3C)c2)cc1. The molecular weight excluding hydrogens is 723 g/mol. The van der Waals surface area contributed by atoms with E-state index in [1.807, 2.05) is 0 Å². The summed E-state index contributed by atoms with van der Waals surface area (Å²) in [5.74, 6) is 0. The molecule has 0 unspecified atom stereocenters.